The van der Waals surface area contributed by atoms with E-state index in [1.54, 1.807) is 20.8 Å². The van der Waals surface area contributed by atoms with Crippen LogP contribution in [0.5, 0.6) is 0 Å². The van der Waals surface area contributed by atoms with Crippen LogP contribution >= 0.6 is 0 Å². The van der Waals surface area contributed by atoms with E-state index < -0.39 is 17.7 Å². The molecule has 0 aliphatic rings. The van der Waals surface area contributed by atoms with Gasteiger partial charge in [-0.15, -0.1) is 0 Å². The van der Waals surface area contributed by atoms with Gasteiger partial charge >= 0.3 is 12.1 Å². The van der Waals surface area contributed by atoms with Crippen LogP contribution in [0.3, 0.4) is 0 Å². The lowest BCUT2D eigenvalue weighted by Crippen LogP contribution is -2.34. The average Bonchev–Trinajstić information content (AvgIpc) is 2.93. The van der Waals surface area contributed by atoms with Gasteiger partial charge < -0.3 is 63.1 Å². The number of hydrogen-bond donors (Lipinski definition) is 3. The van der Waals surface area contributed by atoms with Crippen LogP contribution in [-0.2, 0) is 57.0 Å². The lowest BCUT2D eigenvalue weighted by atomic mass is 10.2. The van der Waals surface area contributed by atoms with Gasteiger partial charge in [0.05, 0.1) is 106 Å². The summed E-state index contributed by atoms with van der Waals surface area (Å²) in [4.78, 5) is 33.5. The summed E-state index contributed by atoms with van der Waals surface area (Å²) in [6.07, 6.45) is -0.481. The number of carboxylic acid groups (broad SMARTS) is 1. The molecule has 0 aromatic rings. The Balaban J connectivity index is 3.22. The van der Waals surface area contributed by atoms with Gasteiger partial charge in [0.15, 0.2) is 0 Å². The highest BCUT2D eigenvalue weighted by molar-refractivity contribution is 5.77. The molecule has 16 nitrogen and oxygen atoms in total. The van der Waals surface area contributed by atoms with Gasteiger partial charge in [0.2, 0.25) is 5.91 Å². The van der Waals surface area contributed by atoms with Gasteiger partial charge in [0.25, 0.3) is 0 Å². The normalized spacial score (nSPS) is 11.4. The van der Waals surface area contributed by atoms with Crippen LogP contribution in [0.25, 0.3) is 0 Å². The Morgan fingerprint density at radius 3 is 1.19 bits per heavy atom. The Morgan fingerprint density at radius 2 is 0.814 bits per heavy atom. The van der Waals surface area contributed by atoms with Crippen LogP contribution in [0.1, 0.15) is 20.8 Å². The predicted octanol–water partition coefficient (Wildman–Crippen LogP) is -0.139. The van der Waals surface area contributed by atoms with E-state index in [4.69, 9.17) is 52.5 Å². The fourth-order valence-corrected chi connectivity index (χ4v) is 2.72. The lowest BCUT2D eigenvalue weighted by molar-refractivity contribution is -0.142. The smallest absolute Gasteiger partial charge is 0.407 e. The van der Waals surface area contributed by atoms with Gasteiger partial charge in [0, 0.05) is 13.1 Å². The fraction of sp³-hybridized carbons (Fsp3) is 0.889. The molecule has 0 radical (unpaired) electrons. The minimum atomic E-state index is -1.01. The predicted molar refractivity (Wildman–Crippen MR) is 152 cm³/mol. The Labute approximate surface area is 254 Å². The topological polar surface area (TPSA) is 188 Å². The molecule has 0 rings (SSSR count). The summed E-state index contributed by atoms with van der Waals surface area (Å²) in [6.45, 7) is 11.7. The first kappa shape index (κ1) is 40.9. The van der Waals surface area contributed by atoms with Crippen molar-refractivity contribution in [2.24, 2.45) is 0 Å². The monoisotopic (exact) mass is 628 g/mol. The Hall–Kier alpha value is -2.15. The number of aliphatic carboxylic acids is 1. The highest BCUT2D eigenvalue weighted by Gasteiger charge is 2.15. The van der Waals surface area contributed by atoms with Crippen molar-refractivity contribution in [3.05, 3.63) is 0 Å². The maximum absolute atomic E-state index is 11.7. The second-order valence-corrected chi connectivity index (χ2v) is 9.56. The average molecular weight is 629 g/mol. The van der Waals surface area contributed by atoms with Crippen molar-refractivity contribution in [1.29, 1.82) is 0 Å². The number of carbonyl (C=O) groups excluding carboxylic acids is 2. The van der Waals surface area contributed by atoms with Crippen molar-refractivity contribution < 1.29 is 66.9 Å². The Kier molecular flexibility index (Phi) is 28.4. The van der Waals surface area contributed by atoms with Crippen LogP contribution in [-0.4, -0.2) is 161 Å². The largest absolute Gasteiger partial charge is 0.480 e. The summed E-state index contributed by atoms with van der Waals surface area (Å²) in [5, 5.41) is 13.7. The number of amides is 2. The third-order valence-electron chi connectivity index (χ3n) is 4.55. The summed E-state index contributed by atoms with van der Waals surface area (Å²) in [5.41, 5.74) is -0.534. The molecule has 0 fully saturated rings. The van der Waals surface area contributed by atoms with Gasteiger partial charge in [-0.2, -0.15) is 0 Å². The third kappa shape index (κ3) is 36.0. The van der Waals surface area contributed by atoms with Crippen molar-refractivity contribution in [2.75, 3.05) is 132 Å². The molecule has 0 saturated heterocycles. The molecule has 0 unspecified atom stereocenters. The van der Waals surface area contributed by atoms with Crippen LogP contribution in [0.4, 0.5) is 4.79 Å². The van der Waals surface area contributed by atoms with Crippen molar-refractivity contribution in [3.8, 4) is 0 Å². The van der Waals surface area contributed by atoms with Crippen molar-refractivity contribution in [2.45, 2.75) is 26.4 Å². The van der Waals surface area contributed by atoms with Crippen LogP contribution in [0, 0.1) is 0 Å². The maximum atomic E-state index is 11.7. The molecule has 0 aromatic heterocycles. The van der Waals surface area contributed by atoms with E-state index >= 15 is 0 Å². The molecule has 0 spiro atoms. The standard InChI is InChI=1S/C27H52N2O14/c1-27(2,3)43-26(33)29-5-7-35-9-11-39-18-20-41-22-24(30)28-4-6-34-8-10-36-12-13-37-14-15-38-16-17-40-19-21-42-23-25(31)32/h4-23H2,1-3H3,(H,28,30)(H,29,33)(H,31,32). The van der Waals surface area contributed by atoms with Gasteiger partial charge in [-0.25, -0.2) is 9.59 Å². The number of nitrogens with one attached hydrogen (secondary N) is 2. The van der Waals surface area contributed by atoms with E-state index in [2.05, 4.69) is 10.6 Å². The zero-order valence-corrected chi connectivity index (χ0v) is 25.9. The zero-order chi connectivity index (χ0) is 31.9. The summed E-state index contributed by atoms with van der Waals surface area (Å²) in [5.74, 6) is -1.25. The van der Waals surface area contributed by atoms with E-state index in [0.29, 0.717) is 106 Å². The number of carboxylic acids is 1. The fourth-order valence-electron chi connectivity index (χ4n) is 2.72. The minimum Gasteiger partial charge on any atom is -0.480 e. The van der Waals surface area contributed by atoms with Gasteiger partial charge in [-0.1, -0.05) is 0 Å². The number of carbonyl (C=O) groups is 3. The summed E-state index contributed by atoms with van der Waals surface area (Å²) in [7, 11) is 0. The molecule has 0 heterocycles. The first-order valence-corrected chi connectivity index (χ1v) is 14.4. The highest BCUT2D eigenvalue weighted by atomic mass is 16.6. The number of ether oxygens (including phenoxy) is 10. The maximum Gasteiger partial charge on any atom is 0.407 e. The van der Waals surface area contributed by atoms with Crippen LogP contribution < -0.4 is 10.6 Å². The van der Waals surface area contributed by atoms with Gasteiger partial charge in [-0.3, -0.25) is 4.79 Å². The Bertz CT molecular complexity index is 679. The van der Waals surface area contributed by atoms with E-state index in [1.807, 2.05) is 0 Å². The zero-order valence-electron chi connectivity index (χ0n) is 25.9. The molecule has 0 aliphatic heterocycles. The van der Waals surface area contributed by atoms with Crippen LogP contribution in [0.15, 0.2) is 0 Å². The first-order valence-electron chi connectivity index (χ1n) is 14.4. The van der Waals surface area contributed by atoms with Crippen molar-refractivity contribution in [1.82, 2.24) is 10.6 Å². The molecule has 3 N–H and O–H groups in total. The van der Waals surface area contributed by atoms with E-state index in [-0.39, 0.29) is 32.3 Å². The summed E-state index contributed by atoms with van der Waals surface area (Å²) < 4.78 is 52.7. The third-order valence-corrected chi connectivity index (χ3v) is 4.55. The first-order chi connectivity index (χ1) is 20.7. The molecule has 0 aromatic carbocycles. The lowest BCUT2D eigenvalue weighted by Gasteiger charge is -2.19. The molecular weight excluding hydrogens is 576 g/mol. The molecule has 2 amide bonds. The highest BCUT2D eigenvalue weighted by Crippen LogP contribution is 2.06. The van der Waals surface area contributed by atoms with Crippen molar-refractivity contribution >= 4 is 18.0 Å². The second kappa shape index (κ2) is 29.9. The molecule has 43 heavy (non-hydrogen) atoms. The van der Waals surface area contributed by atoms with Crippen LogP contribution in [0.2, 0.25) is 0 Å². The number of hydrogen-bond acceptors (Lipinski definition) is 13. The molecular formula is C27H52N2O14. The SMILES string of the molecule is CC(C)(C)OC(=O)NCCOCCOCCOCC(=O)NCCOCCOCCOCCOCCOCCOCC(=O)O. The second-order valence-electron chi connectivity index (χ2n) is 9.56. The number of rotatable bonds is 31. The molecule has 0 saturated carbocycles. The van der Waals surface area contributed by atoms with E-state index in [1.165, 1.54) is 0 Å². The molecule has 254 valence electrons. The Morgan fingerprint density at radius 1 is 0.488 bits per heavy atom. The minimum absolute atomic E-state index is 0.0657. The molecule has 0 bridgehead atoms. The van der Waals surface area contributed by atoms with Crippen molar-refractivity contribution in [3.63, 3.8) is 0 Å². The molecule has 0 atom stereocenters. The summed E-state index contributed by atoms with van der Waals surface area (Å²) in [6, 6.07) is 0. The van der Waals surface area contributed by atoms with E-state index in [0.717, 1.165) is 0 Å². The number of alkyl carbamates (subject to hydrolysis) is 1. The summed E-state index contributed by atoms with van der Waals surface area (Å²) >= 11 is 0. The van der Waals surface area contributed by atoms with Gasteiger partial charge in [-0.05, 0) is 20.8 Å². The molecule has 16 heteroatoms. The quantitative estimate of drug-likeness (QED) is 0.0861. The van der Waals surface area contributed by atoms with E-state index in [9.17, 15) is 14.4 Å². The van der Waals surface area contributed by atoms with Gasteiger partial charge in [0.1, 0.15) is 18.8 Å². The molecule has 0 aliphatic carbocycles.